The minimum absolute atomic E-state index is 0.0793. The van der Waals surface area contributed by atoms with Crippen LogP contribution >= 0.6 is 0 Å². The van der Waals surface area contributed by atoms with E-state index in [1.807, 2.05) is 0 Å². The summed E-state index contributed by atoms with van der Waals surface area (Å²) in [5.74, 6) is -1.03. The van der Waals surface area contributed by atoms with Crippen LogP contribution in [-0.2, 0) is 6.42 Å². The number of hydrogen-bond donors (Lipinski definition) is 1. The van der Waals surface area contributed by atoms with E-state index in [9.17, 15) is 17.6 Å². The maximum absolute atomic E-state index is 12.6. The lowest BCUT2D eigenvalue weighted by atomic mass is 10.2. The molecule has 2 aromatic rings. The SMILES string of the molecule is OC(Cc1nc(-c2ccc(F)cn2)no1)C(F)(F)F. The van der Waals surface area contributed by atoms with Crippen molar-refractivity contribution in [3.63, 3.8) is 0 Å². The number of alkyl halides is 3. The van der Waals surface area contributed by atoms with Gasteiger partial charge in [0.25, 0.3) is 0 Å². The van der Waals surface area contributed by atoms with Crippen LogP contribution in [0.1, 0.15) is 5.89 Å². The van der Waals surface area contributed by atoms with Gasteiger partial charge in [0, 0.05) is 0 Å². The fraction of sp³-hybridized carbons (Fsp3) is 0.300. The van der Waals surface area contributed by atoms with Gasteiger partial charge in [-0.1, -0.05) is 5.16 Å². The number of rotatable bonds is 3. The number of nitrogens with zero attached hydrogens (tertiary/aromatic N) is 3. The second-order valence-electron chi connectivity index (χ2n) is 3.63. The molecule has 2 rings (SSSR count). The standard InChI is InChI=1S/C10H7F4N3O2/c11-5-1-2-6(15-4-5)9-16-8(19-17-9)3-7(18)10(12,13)14/h1-2,4,7,18H,3H2. The van der Waals surface area contributed by atoms with Crippen molar-refractivity contribution in [1.29, 1.82) is 0 Å². The van der Waals surface area contributed by atoms with Crippen molar-refractivity contribution in [1.82, 2.24) is 15.1 Å². The summed E-state index contributed by atoms with van der Waals surface area (Å²) in [5.41, 5.74) is 0.151. The highest BCUT2D eigenvalue weighted by Crippen LogP contribution is 2.23. The van der Waals surface area contributed by atoms with Crippen molar-refractivity contribution < 1.29 is 27.2 Å². The molecule has 0 aliphatic heterocycles. The molecule has 0 saturated heterocycles. The predicted octanol–water partition coefficient (Wildman–Crippen LogP) is 1.74. The second-order valence-corrected chi connectivity index (χ2v) is 3.63. The van der Waals surface area contributed by atoms with E-state index >= 15 is 0 Å². The summed E-state index contributed by atoms with van der Waals surface area (Å²) in [4.78, 5) is 7.29. The number of hydrogen-bond acceptors (Lipinski definition) is 5. The Bertz CT molecular complexity index is 553. The molecule has 19 heavy (non-hydrogen) atoms. The Morgan fingerprint density at radius 3 is 2.63 bits per heavy atom. The molecule has 0 aliphatic carbocycles. The van der Waals surface area contributed by atoms with Gasteiger partial charge in [-0.3, -0.25) is 0 Å². The molecule has 0 radical (unpaired) electrons. The molecule has 2 aromatic heterocycles. The third-order valence-corrected chi connectivity index (χ3v) is 2.17. The zero-order valence-electron chi connectivity index (χ0n) is 9.23. The first kappa shape index (κ1) is 13.4. The van der Waals surface area contributed by atoms with E-state index in [0.29, 0.717) is 0 Å². The van der Waals surface area contributed by atoms with Gasteiger partial charge in [0.1, 0.15) is 11.5 Å². The fourth-order valence-corrected chi connectivity index (χ4v) is 1.23. The minimum Gasteiger partial charge on any atom is -0.383 e. The van der Waals surface area contributed by atoms with Gasteiger partial charge in [0.2, 0.25) is 11.7 Å². The topological polar surface area (TPSA) is 72.0 Å². The maximum Gasteiger partial charge on any atom is 0.414 e. The maximum atomic E-state index is 12.6. The number of halogens is 4. The first-order chi connectivity index (χ1) is 8.86. The highest BCUT2D eigenvalue weighted by Gasteiger charge is 2.39. The number of aromatic nitrogens is 3. The lowest BCUT2D eigenvalue weighted by molar-refractivity contribution is -0.204. The van der Waals surface area contributed by atoms with Crippen LogP contribution in [0.25, 0.3) is 11.5 Å². The first-order valence-electron chi connectivity index (χ1n) is 5.05. The van der Waals surface area contributed by atoms with Crippen LogP contribution in [0.15, 0.2) is 22.9 Å². The quantitative estimate of drug-likeness (QED) is 0.865. The summed E-state index contributed by atoms with van der Waals surface area (Å²) < 4.78 is 53.5. The number of aliphatic hydroxyl groups excluding tert-OH is 1. The predicted molar refractivity (Wildman–Crippen MR) is 53.3 cm³/mol. The molecule has 0 saturated carbocycles. The normalized spacial score (nSPS) is 13.5. The average Bonchev–Trinajstić information content (AvgIpc) is 2.77. The third-order valence-electron chi connectivity index (χ3n) is 2.17. The summed E-state index contributed by atoms with van der Waals surface area (Å²) in [5, 5.41) is 12.2. The van der Waals surface area contributed by atoms with Crippen LogP contribution in [0.3, 0.4) is 0 Å². The molecule has 1 N–H and O–H groups in total. The van der Waals surface area contributed by atoms with Gasteiger partial charge < -0.3 is 9.63 Å². The van der Waals surface area contributed by atoms with Gasteiger partial charge in [0.15, 0.2) is 6.10 Å². The van der Waals surface area contributed by atoms with Gasteiger partial charge in [-0.15, -0.1) is 0 Å². The van der Waals surface area contributed by atoms with Crippen molar-refractivity contribution in [2.75, 3.05) is 0 Å². The zero-order chi connectivity index (χ0) is 14.0. The van der Waals surface area contributed by atoms with Gasteiger partial charge in [-0.25, -0.2) is 9.37 Å². The molecule has 2 heterocycles. The molecule has 0 fully saturated rings. The second kappa shape index (κ2) is 4.92. The average molecular weight is 277 g/mol. The van der Waals surface area contributed by atoms with E-state index in [4.69, 9.17) is 5.11 Å². The Hall–Kier alpha value is -2.03. The summed E-state index contributed by atoms with van der Waals surface area (Å²) in [6, 6.07) is 2.35. The lowest BCUT2D eigenvalue weighted by Crippen LogP contribution is -2.30. The molecule has 0 amide bonds. The van der Waals surface area contributed by atoms with Crippen molar-refractivity contribution in [2.45, 2.75) is 18.7 Å². The molecule has 9 heteroatoms. The summed E-state index contributed by atoms with van der Waals surface area (Å²) in [7, 11) is 0. The van der Waals surface area contributed by atoms with Gasteiger partial charge in [-0.05, 0) is 12.1 Å². The number of aliphatic hydroxyl groups is 1. The summed E-state index contributed by atoms with van der Waals surface area (Å²) >= 11 is 0. The molecule has 102 valence electrons. The summed E-state index contributed by atoms with van der Waals surface area (Å²) in [6.45, 7) is 0. The Kier molecular flexibility index (Phi) is 3.47. The Morgan fingerprint density at radius 2 is 2.05 bits per heavy atom. The summed E-state index contributed by atoms with van der Waals surface area (Å²) in [6.07, 6.45) is -7.28. The van der Waals surface area contributed by atoms with E-state index in [-0.39, 0.29) is 17.4 Å². The first-order valence-corrected chi connectivity index (χ1v) is 5.05. The van der Waals surface area contributed by atoms with Gasteiger partial charge in [0.05, 0.1) is 12.6 Å². The smallest absolute Gasteiger partial charge is 0.383 e. The van der Waals surface area contributed by atoms with Crippen LogP contribution in [0.5, 0.6) is 0 Å². The van der Waals surface area contributed by atoms with E-state index in [1.54, 1.807) is 0 Å². The molecule has 5 nitrogen and oxygen atoms in total. The zero-order valence-corrected chi connectivity index (χ0v) is 9.23. The molecular formula is C10H7F4N3O2. The van der Waals surface area contributed by atoms with E-state index < -0.39 is 24.5 Å². The van der Waals surface area contributed by atoms with Crippen molar-refractivity contribution in [2.24, 2.45) is 0 Å². The van der Waals surface area contributed by atoms with Crippen LogP contribution in [0.4, 0.5) is 17.6 Å². The van der Waals surface area contributed by atoms with Crippen molar-refractivity contribution >= 4 is 0 Å². The van der Waals surface area contributed by atoms with Crippen LogP contribution in [-0.4, -0.2) is 32.5 Å². The molecule has 0 bridgehead atoms. The van der Waals surface area contributed by atoms with Crippen molar-refractivity contribution in [3.8, 4) is 11.5 Å². The Labute approximate surface area is 103 Å². The molecule has 0 spiro atoms. The molecule has 0 aromatic carbocycles. The fourth-order valence-electron chi connectivity index (χ4n) is 1.23. The lowest BCUT2D eigenvalue weighted by Gasteiger charge is -2.11. The van der Waals surface area contributed by atoms with Crippen LogP contribution in [0.2, 0.25) is 0 Å². The monoisotopic (exact) mass is 277 g/mol. The molecular weight excluding hydrogens is 270 g/mol. The highest BCUT2D eigenvalue weighted by molar-refractivity contribution is 5.47. The third kappa shape index (κ3) is 3.25. The Balaban J connectivity index is 2.13. The minimum atomic E-state index is -4.76. The number of pyridine rings is 1. The molecule has 1 atom stereocenters. The highest BCUT2D eigenvalue weighted by atomic mass is 19.4. The largest absolute Gasteiger partial charge is 0.414 e. The van der Waals surface area contributed by atoms with Crippen LogP contribution < -0.4 is 0 Å². The van der Waals surface area contributed by atoms with Gasteiger partial charge >= 0.3 is 6.18 Å². The van der Waals surface area contributed by atoms with E-state index in [1.165, 1.54) is 6.07 Å². The van der Waals surface area contributed by atoms with Gasteiger partial charge in [-0.2, -0.15) is 18.2 Å². The Morgan fingerprint density at radius 1 is 1.32 bits per heavy atom. The molecule has 0 aliphatic rings. The van der Waals surface area contributed by atoms with E-state index in [2.05, 4.69) is 19.6 Å². The molecule has 1 unspecified atom stereocenters. The van der Waals surface area contributed by atoms with E-state index in [0.717, 1.165) is 12.3 Å². The van der Waals surface area contributed by atoms with Crippen molar-refractivity contribution in [3.05, 3.63) is 30.0 Å². The van der Waals surface area contributed by atoms with Crippen LogP contribution in [0, 0.1) is 5.82 Å².